The van der Waals surface area contributed by atoms with Crippen LogP contribution in [0.1, 0.15) is 42.6 Å². The molecule has 0 amide bonds. The molecule has 1 aromatic carbocycles. The van der Waals surface area contributed by atoms with E-state index in [1.807, 2.05) is 0 Å². The topological polar surface area (TPSA) is 38.7 Å². The summed E-state index contributed by atoms with van der Waals surface area (Å²) in [5.41, 5.74) is -3.19. The first-order valence-corrected chi connectivity index (χ1v) is 4.73. The number of fused-ring (bicyclic) bond motifs is 1. The highest BCUT2D eigenvalue weighted by molar-refractivity contribution is 5.56. The molecule has 3 heteroatoms. The van der Waals surface area contributed by atoms with Crippen molar-refractivity contribution in [3.8, 4) is 11.5 Å². The molecular formula is C14H18O3. The van der Waals surface area contributed by atoms with Gasteiger partial charge in [0.25, 0.3) is 0 Å². The zero-order valence-corrected chi connectivity index (χ0v) is 8.92. The third-order valence-corrected chi connectivity index (χ3v) is 1.98. The fourth-order valence-corrected chi connectivity index (χ4v) is 1.04. The maximum absolute atomic E-state index is 10.4. The normalized spacial score (nSPS) is 31.8. The van der Waals surface area contributed by atoms with Crippen LogP contribution >= 0.6 is 0 Å². The number of ether oxygens (including phenoxy) is 2. The van der Waals surface area contributed by atoms with E-state index in [-0.39, 0.29) is 0 Å². The molecule has 1 unspecified atom stereocenters. The van der Waals surface area contributed by atoms with Crippen molar-refractivity contribution in [3.63, 3.8) is 0 Å². The van der Waals surface area contributed by atoms with Crippen molar-refractivity contribution < 1.29 is 31.0 Å². The van der Waals surface area contributed by atoms with Gasteiger partial charge in [-0.2, -0.15) is 0 Å². The van der Waals surface area contributed by atoms with Gasteiger partial charge < -0.3 is 14.6 Å². The van der Waals surface area contributed by atoms with E-state index in [4.69, 9.17) is 25.9 Å². The molecule has 1 heterocycles. The van der Waals surface area contributed by atoms with E-state index in [0.29, 0.717) is 6.08 Å². The van der Waals surface area contributed by atoms with Crippen molar-refractivity contribution in [1.29, 1.82) is 0 Å². The number of benzene rings is 1. The summed E-state index contributed by atoms with van der Waals surface area (Å²) in [5, 5.41) is 10.4. The second kappa shape index (κ2) is 4.41. The van der Waals surface area contributed by atoms with Crippen molar-refractivity contribution in [2.75, 3.05) is 6.75 Å². The van der Waals surface area contributed by atoms with Gasteiger partial charge in [0, 0.05) is 8.22 Å². The summed E-state index contributed by atoms with van der Waals surface area (Å²) in [6, 6.07) is -2.87. The van der Waals surface area contributed by atoms with Gasteiger partial charge in [0.05, 0.1) is 11.6 Å². The zero-order valence-electron chi connectivity index (χ0n) is 20.9. The molecule has 1 aromatic rings. The van der Waals surface area contributed by atoms with Gasteiger partial charge in [-0.05, 0) is 23.1 Å². The predicted octanol–water partition coefficient (Wildman–Crippen LogP) is 2.84. The van der Waals surface area contributed by atoms with Crippen LogP contribution in [0.15, 0.2) is 24.2 Å². The second-order valence-electron chi connectivity index (χ2n) is 3.65. The highest BCUT2D eigenvalue weighted by Gasteiger charge is 2.19. The molecule has 0 aromatic heterocycles. The van der Waals surface area contributed by atoms with Crippen LogP contribution in [0.4, 0.5) is 0 Å². The lowest BCUT2D eigenvalue weighted by atomic mass is 9.89. The second-order valence-corrected chi connectivity index (χ2v) is 3.65. The molecule has 1 atom stereocenters. The van der Waals surface area contributed by atoms with Crippen LogP contribution in [0.25, 0.3) is 6.08 Å². The molecule has 2 rings (SSSR count). The summed E-state index contributed by atoms with van der Waals surface area (Å²) in [4.78, 5) is 0. The van der Waals surface area contributed by atoms with E-state index in [2.05, 4.69) is 0 Å². The number of hydrogen-bond acceptors (Lipinski definition) is 3. The number of rotatable bonds is 2. The van der Waals surface area contributed by atoms with E-state index in [1.165, 1.54) is 0 Å². The third kappa shape index (κ3) is 2.80. The fraction of sp³-hybridized carbons (Fsp3) is 0.429. The van der Waals surface area contributed by atoms with Crippen LogP contribution in [0, 0.1) is 5.41 Å². The Labute approximate surface area is 119 Å². The zero-order chi connectivity index (χ0) is 22.7. The molecule has 3 nitrogen and oxygen atoms in total. The Hall–Kier alpha value is -1.48. The van der Waals surface area contributed by atoms with Gasteiger partial charge in [-0.25, -0.2) is 0 Å². The predicted molar refractivity (Wildman–Crippen MR) is 67.1 cm³/mol. The Balaban J connectivity index is 2.62. The number of aliphatic hydroxyl groups is 1. The Morgan fingerprint density at radius 2 is 2.35 bits per heavy atom. The van der Waals surface area contributed by atoms with Crippen LogP contribution in [0.5, 0.6) is 11.5 Å². The smallest absolute Gasteiger partial charge is 0.231 e. The molecule has 0 spiro atoms. The van der Waals surface area contributed by atoms with Crippen LogP contribution in [-0.4, -0.2) is 18.0 Å². The number of hydrogen-bond donors (Lipinski definition) is 1. The van der Waals surface area contributed by atoms with E-state index < -0.39 is 73.2 Å². The summed E-state index contributed by atoms with van der Waals surface area (Å²) >= 11 is 0. The third-order valence-electron chi connectivity index (χ3n) is 1.98. The van der Waals surface area contributed by atoms with E-state index in [0.717, 1.165) is 6.92 Å². The molecule has 1 aliphatic rings. The van der Waals surface area contributed by atoms with Gasteiger partial charge in [-0.1, -0.05) is 38.8 Å². The van der Waals surface area contributed by atoms with Crippen molar-refractivity contribution in [2.45, 2.75) is 26.7 Å². The van der Waals surface area contributed by atoms with E-state index in [1.54, 1.807) is 0 Å². The average molecular weight is 246 g/mol. The quantitative estimate of drug-likeness (QED) is 0.872. The summed E-state index contributed by atoms with van der Waals surface area (Å²) < 4.78 is 101. The molecule has 1 aliphatic heterocycles. The molecular weight excluding hydrogens is 216 g/mol. The van der Waals surface area contributed by atoms with Crippen molar-refractivity contribution in [1.82, 2.24) is 0 Å². The minimum absolute atomic E-state index is 0.461. The Kier molecular flexibility index (Phi) is 1.04. The summed E-state index contributed by atoms with van der Waals surface area (Å²) in [5.74, 6) is -0.983. The SMILES string of the molecule is [2H]/C(=C\c1c([2H])c([2H])c2c(c1[2H])OC([2H])([2H])O2)C(O)C(C)(C([2H])([2H])[2H])C([2H])([2H])[2H]. The summed E-state index contributed by atoms with van der Waals surface area (Å²) in [6.07, 6.45) is -1.63. The molecule has 17 heavy (non-hydrogen) atoms. The maximum atomic E-state index is 10.4. The lowest BCUT2D eigenvalue weighted by Crippen LogP contribution is -2.23. The van der Waals surface area contributed by atoms with Gasteiger partial charge in [-0.3, -0.25) is 0 Å². The van der Waals surface area contributed by atoms with Crippen LogP contribution in [0.2, 0.25) is 0 Å². The molecule has 0 saturated heterocycles. The molecule has 0 bridgehead atoms. The first kappa shape index (κ1) is 4.02. The molecule has 0 fully saturated rings. The van der Waals surface area contributed by atoms with Gasteiger partial charge in [0.1, 0.15) is 2.74 Å². The summed E-state index contributed by atoms with van der Waals surface area (Å²) in [6.45, 7) is -8.26. The molecule has 1 N–H and O–H groups in total. The standard InChI is InChI=1S/C14H18O3/c1-14(2,3)13(15)7-5-10-4-6-11-12(8-10)17-9-16-11/h4-8,13,15H,9H2,1-3H3/b7-5+/i1D3,2D3,4D,6D,7D,8D,9D2. The molecule has 0 radical (unpaired) electrons. The Morgan fingerprint density at radius 1 is 1.59 bits per heavy atom. The van der Waals surface area contributed by atoms with Crippen LogP contribution < -0.4 is 9.47 Å². The Bertz CT molecular complexity index is 841. The minimum Gasteiger partial charge on any atom is -0.454 e. The molecule has 0 aliphatic carbocycles. The van der Waals surface area contributed by atoms with Gasteiger partial charge >= 0.3 is 0 Å². The first-order chi connectivity index (χ1) is 12.8. The van der Waals surface area contributed by atoms with Gasteiger partial charge in [0.15, 0.2) is 11.5 Å². The highest BCUT2D eigenvalue weighted by Crippen LogP contribution is 2.33. The molecule has 92 valence electrons. The minimum atomic E-state index is -3.18. The monoisotopic (exact) mass is 246 g/mol. The Morgan fingerprint density at radius 3 is 3.12 bits per heavy atom. The maximum Gasteiger partial charge on any atom is 0.231 e. The number of aliphatic hydroxyl groups excluding tert-OH is 1. The lowest BCUT2D eigenvalue weighted by molar-refractivity contribution is 0.106. The lowest BCUT2D eigenvalue weighted by Gasteiger charge is -2.22. The fourth-order valence-electron chi connectivity index (χ4n) is 1.04. The van der Waals surface area contributed by atoms with Gasteiger partial charge in [0.2, 0.25) is 6.75 Å². The molecule has 0 saturated carbocycles. The van der Waals surface area contributed by atoms with E-state index >= 15 is 0 Å². The van der Waals surface area contributed by atoms with Gasteiger partial charge in [-0.15, -0.1) is 0 Å². The van der Waals surface area contributed by atoms with Crippen LogP contribution in [0.3, 0.4) is 0 Å². The van der Waals surface area contributed by atoms with Crippen molar-refractivity contribution in [3.05, 3.63) is 29.7 Å². The van der Waals surface area contributed by atoms with Crippen molar-refractivity contribution in [2.24, 2.45) is 5.41 Å². The van der Waals surface area contributed by atoms with Crippen molar-refractivity contribution >= 4 is 6.08 Å². The highest BCUT2D eigenvalue weighted by atomic mass is 16.7. The van der Waals surface area contributed by atoms with E-state index in [9.17, 15) is 5.11 Å². The first-order valence-electron chi connectivity index (χ1n) is 10.7. The summed E-state index contributed by atoms with van der Waals surface area (Å²) in [7, 11) is 0. The largest absolute Gasteiger partial charge is 0.454 e. The average Bonchev–Trinajstić information content (AvgIpc) is 2.89. The van der Waals surface area contributed by atoms with Crippen LogP contribution in [-0.2, 0) is 0 Å².